The number of nitrogens with one attached hydrogen (secondary N) is 1. The van der Waals surface area contributed by atoms with Crippen molar-refractivity contribution in [1.82, 2.24) is 5.32 Å². The molecule has 31 heavy (non-hydrogen) atoms. The van der Waals surface area contributed by atoms with Gasteiger partial charge in [-0.15, -0.1) is 0 Å². The summed E-state index contributed by atoms with van der Waals surface area (Å²) in [6.45, 7) is 0.381. The van der Waals surface area contributed by atoms with Crippen LogP contribution in [-0.4, -0.2) is 16.9 Å². The number of hydrogen-bond acceptors (Lipinski definition) is 5. The van der Waals surface area contributed by atoms with Crippen molar-refractivity contribution in [3.8, 4) is 0 Å². The molecule has 0 aromatic heterocycles. The van der Waals surface area contributed by atoms with E-state index in [2.05, 4.69) is 5.32 Å². The van der Waals surface area contributed by atoms with Gasteiger partial charge in [0.15, 0.2) is 0 Å². The Morgan fingerprint density at radius 3 is 2.35 bits per heavy atom. The molecule has 0 spiro atoms. The number of nitrogens with zero attached hydrogens (tertiary/aromatic N) is 1. The van der Waals surface area contributed by atoms with E-state index >= 15 is 0 Å². The van der Waals surface area contributed by atoms with E-state index in [9.17, 15) is 14.9 Å². The van der Waals surface area contributed by atoms with Crippen molar-refractivity contribution in [1.29, 1.82) is 0 Å². The smallest absolute Gasteiger partial charge is 0.323 e. The number of halogens is 2. The van der Waals surface area contributed by atoms with E-state index < -0.39 is 16.9 Å². The van der Waals surface area contributed by atoms with Gasteiger partial charge in [0, 0.05) is 28.7 Å². The summed E-state index contributed by atoms with van der Waals surface area (Å²) in [6, 6.07) is 20.1. The zero-order chi connectivity index (χ0) is 22.2. The van der Waals surface area contributed by atoms with Crippen LogP contribution < -0.4 is 5.32 Å². The van der Waals surface area contributed by atoms with Gasteiger partial charge in [0.1, 0.15) is 12.6 Å². The number of esters is 1. The second-order valence-corrected chi connectivity index (χ2v) is 7.73. The zero-order valence-corrected chi connectivity index (χ0v) is 18.0. The third-order valence-corrected chi connectivity index (χ3v) is 5.24. The fraction of sp³-hybridized carbons (Fsp3) is 0.174. The molecule has 0 aliphatic rings. The summed E-state index contributed by atoms with van der Waals surface area (Å²) in [5, 5.41) is 15.0. The molecule has 0 heterocycles. The van der Waals surface area contributed by atoms with Crippen molar-refractivity contribution in [3.05, 3.63) is 110 Å². The Kier molecular flexibility index (Phi) is 8.00. The summed E-state index contributed by atoms with van der Waals surface area (Å²) in [7, 11) is 0. The molecule has 1 atom stereocenters. The van der Waals surface area contributed by atoms with Crippen LogP contribution in [0, 0.1) is 10.1 Å². The molecule has 6 nitrogen and oxygen atoms in total. The largest absolute Gasteiger partial charge is 0.460 e. The molecule has 160 valence electrons. The average Bonchev–Trinajstić information content (AvgIpc) is 2.77. The lowest BCUT2D eigenvalue weighted by molar-refractivity contribution is -0.384. The van der Waals surface area contributed by atoms with Gasteiger partial charge in [-0.2, -0.15) is 0 Å². The Morgan fingerprint density at radius 1 is 1.00 bits per heavy atom. The Labute approximate surface area is 189 Å². The van der Waals surface area contributed by atoms with Crippen LogP contribution in [0.2, 0.25) is 10.0 Å². The topological polar surface area (TPSA) is 81.5 Å². The summed E-state index contributed by atoms with van der Waals surface area (Å²) >= 11 is 12.2. The summed E-state index contributed by atoms with van der Waals surface area (Å²) < 4.78 is 5.48. The number of benzene rings is 3. The van der Waals surface area contributed by atoms with Crippen LogP contribution in [0.25, 0.3) is 0 Å². The van der Waals surface area contributed by atoms with Crippen LogP contribution in [0.4, 0.5) is 5.69 Å². The lowest BCUT2D eigenvalue weighted by Crippen LogP contribution is -2.39. The highest BCUT2D eigenvalue weighted by molar-refractivity contribution is 6.35. The summed E-state index contributed by atoms with van der Waals surface area (Å²) in [4.78, 5) is 23.1. The van der Waals surface area contributed by atoms with Crippen LogP contribution in [0.3, 0.4) is 0 Å². The molecule has 8 heteroatoms. The van der Waals surface area contributed by atoms with Crippen LogP contribution >= 0.6 is 23.2 Å². The molecule has 0 radical (unpaired) electrons. The van der Waals surface area contributed by atoms with Crippen LogP contribution in [0.1, 0.15) is 16.7 Å². The Balaban J connectivity index is 1.67. The minimum Gasteiger partial charge on any atom is -0.460 e. The van der Waals surface area contributed by atoms with E-state index in [0.29, 0.717) is 28.6 Å². The van der Waals surface area contributed by atoms with Gasteiger partial charge in [0.25, 0.3) is 5.69 Å². The fourth-order valence-electron chi connectivity index (χ4n) is 2.96. The first-order chi connectivity index (χ1) is 14.9. The maximum atomic E-state index is 12.8. The van der Waals surface area contributed by atoms with Gasteiger partial charge in [-0.25, -0.2) is 0 Å². The minimum atomic E-state index is -0.604. The third-order valence-electron chi connectivity index (χ3n) is 4.65. The number of rotatable bonds is 9. The molecule has 0 aliphatic heterocycles. The predicted octanol–water partition coefficient (Wildman–Crippen LogP) is 5.35. The van der Waals surface area contributed by atoms with Crippen molar-refractivity contribution >= 4 is 34.9 Å². The quantitative estimate of drug-likeness (QED) is 0.265. The van der Waals surface area contributed by atoms with Crippen molar-refractivity contribution in [2.24, 2.45) is 0 Å². The average molecular weight is 459 g/mol. The number of non-ortho nitro benzene ring substituents is 1. The lowest BCUT2D eigenvalue weighted by Gasteiger charge is -2.18. The summed E-state index contributed by atoms with van der Waals surface area (Å²) in [5.74, 6) is -0.424. The van der Waals surface area contributed by atoms with Gasteiger partial charge in [-0.1, -0.05) is 59.6 Å². The second-order valence-electron chi connectivity index (χ2n) is 6.89. The molecular formula is C23H20Cl2N2O4. The molecule has 0 unspecified atom stereocenters. The number of carbonyl (C=O) groups excluding carboxylic acids is 1. The maximum absolute atomic E-state index is 12.8. The zero-order valence-electron chi connectivity index (χ0n) is 16.5. The number of nitro benzene ring substituents is 1. The third kappa shape index (κ3) is 6.79. The molecule has 3 rings (SSSR count). The van der Waals surface area contributed by atoms with Gasteiger partial charge >= 0.3 is 5.97 Å². The molecule has 1 N–H and O–H groups in total. The normalized spacial score (nSPS) is 11.7. The highest BCUT2D eigenvalue weighted by Crippen LogP contribution is 2.21. The van der Waals surface area contributed by atoms with Gasteiger partial charge < -0.3 is 4.74 Å². The first-order valence-electron chi connectivity index (χ1n) is 9.53. The number of carbonyl (C=O) groups is 1. The van der Waals surface area contributed by atoms with Crippen molar-refractivity contribution in [2.75, 3.05) is 0 Å². The maximum Gasteiger partial charge on any atom is 0.323 e. The molecule has 0 saturated heterocycles. The predicted molar refractivity (Wildman–Crippen MR) is 120 cm³/mol. The standard InChI is InChI=1S/C23H20Cl2N2O4/c24-19-9-8-18(21(25)13-19)14-26-22(12-16-4-2-1-3-5-16)23(28)31-15-17-6-10-20(11-7-17)27(29)30/h1-11,13,22,26H,12,14-15H2/t22-/m0/s1. The first kappa shape index (κ1) is 22.7. The number of hydrogen-bond donors (Lipinski definition) is 1. The minimum absolute atomic E-state index is 0.0152. The van der Waals surface area contributed by atoms with Crippen molar-refractivity contribution in [3.63, 3.8) is 0 Å². The molecule has 0 amide bonds. The molecule has 3 aromatic rings. The molecule has 0 fully saturated rings. The van der Waals surface area contributed by atoms with Gasteiger partial charge in [-0.3, -0.25) is 20.2 Å². The lowest BCUT2D eigenvalue weighted by atomic mass is 10.1. The van der Waals surface area contributed by atoms with Gasteiger partial charge in [0.05, 0.1) is 4.92 Å². The number of ether oxygens (including phenoxy) is 1. The number of nitro groups is 1. The Hall–Kier alpha value is -2.93. The van der Waals surface area contributed by atoms with Crippen molar-refractivity contribution in [2.45, 2.75) is 25.6 Å². The Bertz CT molecular complexity index is 1040. The van der Waals surface area contributed by atoms with Crippen molar-refractivity contribution < 1.29 is 14.5 Å². The van der Waals surface area contributed by atoms with E-state index in [0.717, 1.165) is 11.1 Å². The van der Waals surface area contributed by atoms with Crippen LogP contribution in [-0.2, 0) is 29.1 Å². The Morgan fingerprint density at radius 2 is 1.71 bits per heavy atom. The summed E-state index contributed by atoms with van der Waals surface area (Å²) in [5.41, 5.74) is 2.44. The van der Waals surface area contributed by atoms with E-state index in [1.54, 1.807) is 30.3 Å². The van der Waals surface area contributed by atoms with E-state index in [1.807, 2.05) is 30.3 Å². The van der Waals surface area contributed by atoms with E-state index in [-0.39, 0.29) is 12.3 Å². The molecule has 0 bridgehead atoms. The highest BCUT2D eigenvalue weighted by Gasteiger charge is 2.21. The summed E-state index contributed by atoms with van der Waals surface area (Å²) in [6.07, 6.45) is 0.436. The van der Waals surface area contributed by atoms with Gasteiger partial charge in [0.2, 0.25) is 0 Å². The van der Waals surface area contributed by atoms with Gasteiger partial charge in [-0.05, 0) is 47.4 Å². The van der Waals surface area contributed by atoms with E-state index in [1.165, 1.54) is 12.1 Å². The molecular weight excluding hydrogens is 439 g/mol. The first-order valence-corrected chi connectivity index (χ1v) is 10.3. The van der Waals surface area contributed by atoms with Crippen LogP contribution in [0.15, 0.2) is 72.8 Å². The van der Waals surface area contributed by atoms with E-state index in [4.69, 9.17) is 27.9 Å². The molecule has 3 aromatic carbocycles. The SMILES string of the molecule is O=C(OCc1ccc([N+](=O)[O-])cc1)[C@H](Cc1ccccc1)NCc1ccc(Cl)cc1Cl. The van der Waals surface area contributed by atoms with Crippen LogP contribution in [0.5, 0.6) is 0 Å². The molecule has 0 aliphatic carbocycles. The monoisotopic (exact) mass is 458 g/mol. The second kappa shape index (κ2) is 10.9. The highest BCUT2D eigenvalue weighted by atomic mass is 35.5. The molecule has 0 saturated carbocycles. The fourth-order valence-corrected chi connectivity index (χ4v) is 3.43.